The Morgan fingerprint density at radius 2 is 1.81 bits per heavy atom. The molecule has 1 aliphatic rings. The van der Waals surface area contributed by atoms with E-state index in [1.54, 1.807) is 24.3 Å². The van der Waals surface area contributed by atoms with Crippen molar-refractivity contribution in [3.05, 3.63) is 53.1 Å². The molecule has 0 saturated carbocycles. The van der Waals surface area contributed by atoms with Crippen molar-refractivity contribution in [2.24, 2.45) is 0 Å². The highest BCUT2D eigenvalue weighted by molar-refractivity contribution is 7.89. The maximum absolute atomic E-state index is 12.8. The van der Waals surface area contributed by atoms with Crippen molar-refractivity contribution < 1.29 is 22.7 Å². The molecule has 2 aromatic rings. The van der Waals surface area contributed by atoms with Crippen molar-refractivity contribution in [2.45, 2.75) is 4.90 Å². The molecule has 0 atom stereocenters. The smallest absolute Gasteiger partial charge is 0.259 e. The molecule has 144 valence electrons. The Morgan fingerprint density at radius 1 is 1.15 bits per heavy atom. The van der Waals surface area contributed by atoms with Gasteiger partial charge in [-0.2, -0.15) is 4.31 Å². The summed E-state index contributed by atoms with van der Waals surface area (Å²) in [6, 6.07) is 10.8. The van der Waals surface area contributed by atoms with Crippen LogP contribution < -0.4 is 10.1 Å². The van der Waals surface area contributed by atoms with E-state index >= 15 is 0 Å². The van der Waals surface area contributed by atoms with Gasteiger partial charge in [-0.15, -0.1) is 0 Å². The third-order valence-electron chi connectivity index (χ3n) is 4.13. The molecule has 1 saturated heterocycles. The molecule has 7 nitrogen and oxygen atoms in total. The van der Waals surface area contributed by atoms with Crippen molar-refractivity contribution in [3.8, 4) is 5.75 Å². The number of morpholine rings is 1. The summed E-state index contributed by atoms with van der Waals surface area (Å²) in [6.07, 6.45) is 0. The summed E-state index contributed by atoms with van der Waals surface area (Å²) >= 11 is 5.84. The minimum Gasteiger partial charge on any atom is -0.496 e. The Labute approximate surface area is 162 Å². The fourth-order valence-corrected chi connectivity index (χ4v) is 4.25. The molecule has 3 rings (SSSR count). The Hall–Kier alpha value is -2.13. The number of nitrogens with zero attached hydrogens (tertiary/aromatic N) is 1. The van der Waals surface area contributed by atoms with E-state index in [-0.39, 0.29) is 29.3 Å². The van der Waals surface area contributed by atoms with E-state index in [4.69, 9.17) is 21.1 Å². The molecule has 2 aromatic carbocycles. The number of ether oxygens (including phenoxy) is 2. The molecule has 0 radical (unpaired) electrons. The highest BCUT2D eigenvalue weighted by atomic mass is 35.5. The van der Waals surface area contributed by atoms with Crippen LogP contribution in [-0.2, 0) is 14.8 Å². The van der Waals surface area contributed by atoms with Crippen molar-refractivity contribution in [3.63, 3.8) is 0 Å². The van der Waals surface area contributed by atoms with Gasteiger partial charge in [0.1, 0.15) is 5.75 Å². The summed E-state index contributed by atoms with van der Waals surface area (Å²) in [4.78, 5) is 12.7. The number of carbonyl (C=O) groups is 1. The molecular formula is C18H19ClN2O5S. The summed E-state index contributed by atoms with van der Waals surface area (Å²) < 4.78 is 37.5. The van der Waals surface area contributed by atoms with Gasteiger partial charge >= 0.3 is 0 Å². The summed E-state index contributed by atoms with van der Waals surface area (Å²) in [5.41, 5.74) is 0.662. The van der Waals surface area contributed by atoms with Crippen LogP contribution in [-0.4, -0.2) is 52.0 Å². The van der Waals surface area contributed by atoms with E-state index in [0.717, 1.165) is 0 Å². The zero-order chi connectivity index (χ0) is 19.4. The zero-order valence-corrected chi connectivity index (χ0v) is 16.2. The first kappa shape index (κ1) is 19.6. The lowest BCUT2D eigenvalue weighted by Gasteiger charge is -2.26. The molecule has 1 heterocycles. The SMILES string of the molecule is COc1ccc(S(=O)(=O)N2CCOCC2)cc1C(=O)Nc1ccc(Cl)cc1. The van der Waals surface area contributed by atoms with Crippen molar-refractivity contribution >= 4 is 33.2 Å². The summed E-state index contributed by atoms with van der Waals surface area (Å²) in [5.74, 6) is -0.199. The van der Waals surface area contributed by atoms with E-state index in [1.807, 2.05) is 0 Å². The Morgan fingerprint density at radius 3 is 2.44 bits per heavy atom. The standard InChI is InChI=1S/C18H19ClN2O5S/c1-25-17-7-6-15(27(23,24)21-8-10-26-11-9-21)12-16(17)18(22)20-14-4-2-13(19)3-5-14/h2-7,12H,8-11H2,1H3,(H,20,22). The maximum Gasteiger partial charge on any atom is 0.259 e. The number of hydrogen-bond donors (Lipinski definition) is 1. The van der Waals surface area contributed by atoms with Crippen molar-refractivity contribution in [1.29, 1.82) is 0 Å². The molecular weight excluding hydrogens is 392 g/mol. The summed E-state index contributed by atoms with van der Waals surface area (Å²) in [5, 5.41) is 3.26. The van der Waals surface area contributed by atoms with Crippen LogP contribution in [0.2, 0.25) is 5.02 Å². The molecule has 1 amide bonds. The number of anilines is 1. The van der Waals surface area contributed by atoms with Gasteiger partial charge in [-0.25, -0.2) is 8.42 Å². The highest BCUT2D eigenvalue weighted by Crippen LogP contribution is 2.26. The van der Waals surface area contributed by atoms with Crippen molar-refractivity contribution in [1.82, 2.24) is 4.31 Å². The lowest BCUT2D eigenvalue weighted by molar-refractivity contribution is 0.0730. The van der Waals surface area contributed by atoms with Crippen LogP contribution in [0.5, 0.6) is 5.75 Å². The minimum absolute atomic E-state index is 0.0338. The highest BCUT2D eigenvalue weighted by Gasteiger charge is 2.28. The van der Waals surface area contributed by atoms with Gasteiger partial charge in [-0.1, -0.05) is 11.6 Å². The number of hydrogen-bond acceptors (Lipinski definition) is 5. The molecule has 1 aliphatic heterocycles. The number of carbonyl (C=O) groups excluding carboxylic acids is 1. The number of sulfonamides is 1. The van der Waals surface area contributed by atoms with Crippen LogP contribution in [0.4, 0.5) is 5.69 Å². The summed E-state index contributed by atoms with van der Waals surface area (Å²) in [7, 11) is -2.30. The average Bonchev–Trinajstić information content (AvgIpc) is 2.69. The lowest BCUT2D eigenvalue weighted by Crippen LogP contribution is -2.40. The Balaban J connectivity index is 1.91. The topological polar surface area (TPSA) is 84.9 Å². The molecule has 0 bridgehead atoms. The predicted molar refractivity (Wildman–Crippen MR) is 102 cm³/mol. The van der Waals surface area contributed by atoms with Gasteiger partial charge in [-0.3, -0.25) is 4.79 Å². The van der Waals surface area contributed by atoms with E-state index in [2.05, 4.69) is 5.32 Å². The molecule has 27 heavy (non-hydrogen) atoms. The predicted octanol–water partition coefficient (Wildman–Crippen LogP) is 2.62. The fraction of sp³-hybridized carbons (Fsp3) is 0.278. The average molecular weight is 411 g/mol. The van der Waals surface area contributed by atoms with E-state index in [0.29, 0.717) is 23.9 Å². The van der Waals surface area contributed by atoms with E-state index < -0.39 is 15.9 Å². The second kappa shape index (κ2) is 8.26. The second-order valence-electron chi connectivity index (χ2n) is 5.84. The van der Waals surface area contributed by atoms with Crippen LogP contribution in [0.25, 0.3) is 0 Å². The van der Waals surface area contributed by atoms with Gasteiger partial charge in [0.25, 0.3) is 5.91 Å². The van der Waals surface area contributed by atoms with Gasteiger partial charge < -0.3 is 14.8 Å². The number of nitrogens with one attached hydrogen (secondary N) is 1. The third-order valence-corrected chi connectivity index (χ3v) is 6.27. The van der Waals surface area contributed by atoms with Crippen LogP contribution in [0.1, 0.15) is 10.4 Å². The first-order chi connectivity index (χ1) is 12.9. The molecule has 9 heteroatoms. The molecule has 0 aliphatic carbocycles. The minimum atomic E-state index is -3.72. The van der Waals surface area contributed by atoms with Gasteiger partial charge in [-0.05, 0) is 42.5 Å². The number of halogens is 1. The van der Waals surface area contributed by atoms with Gasteiger partial charge in [0.05, 0.1) is 30.8 Å². The monoisotopic (exact) mass is 410 g/mol. The molecule has 0 aromatic heterocycles. The number of benzene rings is 2. The maximum atomic E-state index is 12.8. The van der Waals surface area contributed by atoms with Gasteiger partial charge in [0.15, 0.2) is 0 Å². The van der Waals surface area contributed by atoms with Gasteiger partial charge in [0, 0.05) is 23.8 Å². The van der Waals surface area contributed by atoms with E-state index in [1.165, 1.54) is 29.6 Å². The fourth-order valence-electron chi connectivity index (χ4n) is 2.69. The second-order valence-corrected chi connectivity index (χ2v) is 8.21. The lowest BCUT2D eigenvalue weighted by atomic mass is 10.2. The zero-order valence-electron chi connectivity index (χ0n) is 14.6. The number of rotatable bonds is 5. The number of methoxy groups -OCH3 is 1. The molecule has 1 N–H and O–H groups in total. The Bertz CT molecular complexity index is 925. The van der Waals surface area contributed by atoms with Crippen LogP contribution in [0.3, 0.4) is 0 Å². The molecule has 1 fully saturated rings. The molecule has 0 unspecified atom stereocenters. The number of amides is 1. The normalized spacial score (nSPS) is 15.3. The molecule has 0 spiro atoms. The van der Waals surface area contributed by atoms with Gasteiger partial charge in [0.2, 0.25) is 10.0 Å². The summed E-state index contributed by atoms with van der Waals surface area (Å²) in [6.45, 7) is 1.25. The Kier molecular flexibility index (Phi) is 6.01. The quantitative estimate of drug-likeness (QED) is 0.819. The first-order valence-electron chi connectivity index (χ1n) is 8.24. The largest absolute Gasteiger partial charge is 0.496 e. The van der Waals surface area contributed by atoms with E-state index in [9.17, 15) is 13.2 Å². The third kappa shape index (κ3) is 4.41. The van der Waals surface area contributed by atoms with Crippen LogP contribution in [0.15, 0.2) is 47.4 Å². The first-order valence-corrected chi connectivity index (χ1v) is 10.1. The van der Waals surface area contributed by atoms with Crippen molar-refractivity contribution in [2.75, 3.05) is 38.7 Å². The van der Waals surface area contributed by atoms with Crippen LogP contribution in [0, 0.1) is 0 Å². The van der Waals surface area contributed by atoms with Crippen LogP contribution >= 0.6 is 11.6 Å².